The summed E-state index contributed by atoms with van der Waals surface area (Å²) in [6, 6.07) is 8.50. The van der Waals surface area contributed by atoms with Crippen LogP contribution in [-0.2, 0) is 23.0 Å². The van der Waals surface area contributed by atoms with Crippen LogP contribution in [-0.4, -0.2) is 46.9 Å². The molecule has 1 amide bonds. The van der Waals surface area contributed by atoms with Crippen molar-refractivity contribution in [3.8, 4) is 0 Å². The Morgan fingerprint density at radius 3 is 2.88 bits per heavy atom. The normalized spacial score (nSPS) is 20.7. The van der Waals surface area contributed by atoms with Crippen molar-refractivity contribution < 1.29 is 9.53 Å². The number of ether oxygens (including phenoxy) is 1. The van der Waals surface area contributed by atoms with Crippen LogP contribution in [0.3, 0.4) is 0 Å². The average molecular weight is 353 g/mol. The topological polar surface area (TPSA) is 47.4 Å². The molecule has 3 rings (SSSR count). The number of methoxy groups -OCH3 is 1. The first-order valence-electron chi connectivity index (χ1n) is 9.09. The van der Waals surface area contributed by atoms with E-state index in [9.17, 15) is 4.79 Å². The summed E-state index contributed by atoms with van der Waals surface area (Å²) in [5.41, 5.74) is 3.62. The number of piperidine rings is 1. The highest BCUT2D eigenvalue weighted by atomic mass is 16.5. The number of hydrogen-bond acceptors (Lipinski definition) is 3. The predicted octanol–water partition coefficient (Wildman–Crippen LogP) is 2.85. The molecule has 0 N–H and O–H groups in total. The average Bonchev–Trinajstić information content (AvgIpc) is 3.07. The van der Waals surface area contributed by atoms with E-state index in [4.69, 9.17) is 4.74 Å². The second kappa shape index (κ2) is 8.32. The minimum atomic E-state index is 0.0326. The predicted molar refractivity (Wildman–Crippen MR) is 103 cm³/mol. The smallest absolute Gasteiger partial charge is 0.246 e. The van der Waals surface area contributed by atoms with Crippen molar-refractivity contribution in [1.82, 2.24) is 14.7 Å². The molecule has 1 aromatic carbocycles. The van der Waals surface area contributed by atoms with Gasteiger partial charge in [0.25, 0.3) is 0 Å². The molecule has 26 heavy (non-hydrogen) atoms. The Balaban J connectivity index is 1.61. The molecular formula is C21H27N3O2. The molecule has 1 fully saturated rings. The van der Waals surface area contributed by atoms with Crippen molar-refractivity contribution in [2.45, 2.75) is 25.9 Å². The second-order valence-corrected chi connectivity index (χ2v) is 7.02. The molecule has 2 atom stereocenters. The molecule has 1 saturated heterocycles. The van der Waals surface area contributed by atoms with Crippen molar-refractivity contribution in [2.24, 2.45) is 13.0 Å². The van der Waals surface area contributed by atoms with Gasteiger partial charge < -0.3 is 9.64 Å². The maximum absolute atomic E-state index is 12.5. The monoisotopic (exact) mass is 353 g/mol. The van der Waals surface area contributed by atoms with Crippen molar-refractivity contribution in [1.29, 1.82) is 0 Å². The van der Waals surface area contributed by atoms with Gasteiger partial charge in [0, 0.05) is 45.1 Å². The van der Waals surface area contributed by atoms with Crippen LogP contribution in [0, 0.1) is 12.8 Å². The number of likely N-dealkylation sites (tertiary alicyclic amines) is 1. The molecule has 0 aliphatic carbocycles. The first-order chi connectivity index (χ1) is 12.6. The first kappa shape index (κ1) is 18.4. The van der Waals surface area contributed by atoms with Gasteiger partial charge in [-0.1, -0.05) is 24.3 Å². The van der Waals surface area contributed by atoms with E-state index < -0.39 is 0 Å². The molecule has 0 bridgehead atoms. The summed E-state index contributed by atoms with van der Waals surface area (Å²) < 4.78 is 7.46. The van der Waals surface area contributed by atoms with E-state index in [2.05, 4.69) is 36.3 Å². The van der Waals surface area contributed by atoms with E-state index in [1.165, 1.54) is 11.1 Å². The van der Waals surface area contributed by atoms with Crippen molar-refractivity contribution in [3.63, 3.8) is 0 Å². The summed E-state index contributed by atoms with van der Waals surface area (Å²) in [6.07, 6.45) is 9.10. The van der Waals surface area contributed by atoms with Crippen molar-refractivity contribution in [2.75, 3.05) is 20.2 Å². The molecule has 0 radical (unpaired) electrons. The van der Waals surface area contributed by atoms with Gasteiger partial charge in [0.2, 0.25) is 5.91 Å². The van der Waals surface area contributed by atoms with Gasteiger partial charge in [-0.15, -0.1) is 0 Å². The van der Waals surface area contributed by atoms with Gasteiger partial charge in [-0.3, -0.25) is 9.48 Å². The number of aromatic nitrogens is 2. The summed E-state index contributed by atoms with van der Waals surface area (Å²) >= 11 is 0. The van der Waals surface area contributed by atoms with Gasteiger partial charge >= 0.3 is 0 Å². The molecule has 2 heterocycles. The van der Waals surface area contributed by atoms with Gasteiger partial charge in [0.1, 0.15) is 0 Å². The number of aryl methyl sites for hydroxylation is 2. The highest BCUT2D eigenvalue weighted by Gasteiger charge is 2.31. The standard InChI is InChI=1S/C21H27N3O2/c1-16-6-4-5-7-18(16)12-19-10-11-24(15-20(19)26-3)21(25)9-8-17-13-22-23(2)14-17/h4-9,13-14,19-20H,10-12,15H2,1-3H3/b9-8+/t19-,20+/m1/s1. The Labute approximate surface area is 155 Å². The van der Waals surface area contributed by atoms with Crippen LogP contribution in [0.25, 0.3) is 6.08 Å². The summed E-state index contributed by atoms with van der Waals surface area (Å²) in [6.45, 7) is 3.56. The molecule has 138 valence electrons. The van der Waals surface area contributed by atoms with Crippen LogP contribution < -0.4 is 0 Å². The molecule has 5 heteroatoms. The minimum absolute atomic E-state index is 0.0326. The highest BCUT2D eigenvalue weighted by Crippen LogP contribution is 2.25. The largest absolute Gasteiger partial charge is 0.379 e. The van der Waals surface area contributed by atoms with Crippen LogP contribution in [0.15, 0.2) is 42.7 Å². The van der Waals surface area contributed by atoms with E-state index in [1.807, 2.05) is 24.2 Å². The number of hydrogen-bond donors (Lipinski definition) is 0. The third-order valence-corrected chi connectivity index (χ3v) is 5.20. The third kappa shape index (κ3) is 4.41. The second-order valence-electron chi connectivity index (χ2n) is 7.02. The summed E-state index contributed by atoms with van der Waals surface area (Å²) in [7, 11) is 3.61. The quantitative estimate of drug-likeness (QED) is 0.777. The molecule has 0 unspecified atom stereocenters. The maximum Gasteiger partial charge on any atom is 0.246 e. The van der Waals surface area contributed by atoms with E-state index in [-0.39, 0.29) is 12.0 Å². The summed E-state index contributed by atoms with van der Waals surface area (Å²) in [4.78, 5) is 14.4. The van der Waals surface area contributed by atoms with Gasteiger partial charge in [0.15, 0.2) is 0 Å². The molecule has 1 aliphatic heterocycles. The van der Waals surface area contributed by atoms with Crippen LogP contribution in [0.2, 0.25) is 0 Å². The molecule has 0 spiro atoms. The lowest BCUT2D eigenvalue weighted by Crippen LogP contribution is -2.47. The first-order valence-corrected chi connectivity index (χ1v) is 9.09. The van der Waals surface area contributed by atoms with Gasteiger partial charge in [-0.25, -0.2) is 0 Å². The van der Waals surface area contributed by atoms with Crippen molar-refractivity contribution in [3.05, 3.63) is 59.4 Å². The van der Waals surface area contributed by atoms with E-state index in [0.29, 0.717) is 12.5 Å². The van der Waals surface area contributed by atoms with E-state index in [0.717, 1.165) is 24.9 Å². The number of nitrogens with zero attached hydrogens (tertiary/aromatic N) is 3. The SMILES string of the molecule is CO[C@H]1CN(C(=O)/C=C/c2cnn(C)c2)CC[C@@H]1Cc1ccccc1C. The van der Waals surface area contributed by atoms with E-state index in [1.54, 1.807) is 24.1 Å². The molecule has 5 nitrogen and oxygen atoms in total. The van der Waals surface area contributed by atoms with E-state index >= 15 is 0 Å². The third-order valence-electron chi connectivity index (χ3n) is 5.20. The van der Waals surface area contributed by atoms with Crippen LogP contribution in [0.5, 0.6) is 0 Å². The Morgan fingerprint density at radius 1 is 1.38 bits per heavy atom. The fourth-order valence-corrected chi connectivity index (χ4v) is 3.59. The number of amides is 1. The highest BCUT2D eigenvalue weighted by molar-refractivity contribution is 5.91. The summed E-state index contributed by atoms with van der Waals surface area (Å²) in [5.74, 6) is 0.470. The fraction of sp³-hybridized carbons (Fsp3) is 0.429. The zero-order chi connectivity index (χ0) is 18.5. The van der Waals surface area contributed by atoms with Crippen LogP contribution >= 0.6 is 0 Å². The van der Waals surface area contributed by atoms with Gasteiger partial charge in [-0.2, -0.15) is 5.10 Å². The minimum Gasteiger partial charge on any atom is -0.379 e. The van der Waals surface area contributed by atoms with Gasteiger partial charge in [-0.05, 0) is 42.9 Å². The molecule has 1 aromatic heterocycles. The maximum atomic E-state index is 12.5. The van der Waals surface area contributed by atoms with Crippen LogP contribution in [0.4, 0.5) is 0 Å². The lowest BCUT2D eigenvalue weighted by Gasteiger charge is -2.37. The summed E-state index contributed by atoms with van der Waals surface area (Å²) in [5, 5.41) is 4.11. The fourth-order valence-electron chi connectivity index (χ4n) is 3.59. The Hall–Kier alpha value is -2.40. The Morgan fingerprint density at radius 2 is 2.19 bits per heavy atom. The van der Waals surface area contributed by atoms with Gasteiger partial charge in [0.05, 0.1) is 12.3 Å². The number of carbonyl (C=O) groups excluding carboxylic acids is 1. The van der Waals surface area contributed by atoms with Crippen LogP contribution in [0.1, 0.15) is 23.1 Å². The number of rotatable bonds is 5. The van der Waals surface area contributed by atoms with Crippen molar-refractivity contribution >= 4 is 12.0 Å². The molecular weight excluding hydrogens is 326 g/mol. The lowest BCUT2D eigenvalue weighted by atomic mass is 9.86. The number of carbonyl (C=O) groups is 1. The Kier molecular flexibility index (Phi) is 5.89. The molecule has 2 aromatic rings. The molecule has 0 saturated carbocycles. The molecule has 1 aliphatic rings. The Bertz CT molecular complexity index is 781. The zero-order valence-corrected chi connectivity index (χ0v) is 15.8. The lowest BCUT2D eigenvalue weighted by molar-refractivity contribution is -0.131. The zero-order valence-electron chi connectivity index (χ0n) is 15.8. The number of benzene rings is 1.